The quantitative estimate of drug-likeness (QED) is 0.657. The molecule has 1 atom stereocenters. The molecular formula is C23H26N2O3. The molecule has 5 nitrogen and oxygen atoms in total. The number of hydrogen-bond donors (Lipinski definition) is 1. The number of hydrogen-bond acceptors (Lipinski definition) is 4. The third kappa shape index (κ3) is 4.42. The number of ether oxygens (including phenoxy) is 1. The molecule has 0 aliphatic heterocycles. The maximum absolute atomic E-state index is 12.7. The second kappa shape index (κ2) is 8.30. The molecule has 1 aromatic heterocycles. The third-order valence-electron chi connectivity index (χ3n) is 4.91. The van der Waals surface area contributed by atoms with Crippen LogP contribution in [0.25, 0.3) is 0 Å². The van der Waals surface area contributed by atoms with Gasteiger partial charge in [0, 0.05) is 5.56 Å². The van der Waals surface area contributed by atoms with E-state index >= 15 is 0 Å². The van der Waals surface area contributed by atoms with Gasteiger partial charge in [-0.25, -0.2) is 0 Å². The van der Waals surface area contributed by atoms with Gasteiger partial charge in [-0.05, 0) is 63.9 Å². The first-order chi connectivity index (χ1) is 13.3. The van der Waals surface area contributed by atoms with E-state index in [1.54, 1.807) is 12.1 Å². The van der Waals surface area contributed by atoms with E-state index in [9.17, 15) is 4.79 Å². The topological polar surface area (TPSA) is 64.4 Å². The fraction of sp³-hybridized carbons (Fsp3) is 0.304. The summed E-state index contributed by atoms with van der Waals surface area (Å²) in [5, 5.41) is 7.01. The Kier molecular flexibility index (Phi) is 5.83. The van der Waals surface area contributed by atoms with E-state index in [2.05, 4.69) is 42.5 Å². The molecule has 5 heteroatoms. The molecular weight excluding hydrogens is 352 g/mol. The number of aryl methyl sites for hydroxylation is 4. The van der Waals surface area contributed by atoms with Gasteiger partial charge in [0.05, 0.1) is 17.3 Å². The van der Waals surface area contributed by atoms with E-state index in [1.807, 2.05) is 32.9 Å². The van der Waals surface area contributed by atoms with Crippen molar-refractivity contribution in [1.82, 2.24) is 10.5 Å². The predicted octanol–water partition coefficient (Wildman–Crippen LogP) is 4.98. The van der Waals surface area contributed by atoms with Crippen LogP contribution in [0.5, 0.6) is 5.75 Å². The highest BCUT2D eigenvalue weighted by Gasteiger charge is 2.15. The Hall–Kier alpha value is -3.08. The van der Waals surface area contributed by atoms with E-state index in [1.165, 1.54) is 5.56 Å². The standard InChI is InChI=1S/C23H26N2O3/c1-14-9-10-15(2)21(11-14)16(3)24-23(26)19-7-6-8-20(12-19)27-13-22-17(4)25-28-18(22)5/h6-12,16H,13H2,1-5H3,(H,24,26). The summed E-state index contributed by atoms with van der Waals surface area (Å²) >= 11 is 0. The van der Waals surface area contributed by atoms with E-state index in [4.69, 9.17) is 9.26 Å². The molecule has 1 N–H and O–H groups in total. The van der Waals surface area contributed by atoms with Gasteiger partial charge in [0.1, 0.15) is 18.1 Å². The zero-order valence-corrected chi connectivity index (χ0v) is 17.0. The van der Waals surface area contributed by atoms with Crippen molar-refractivity contribution >= 4 is 5.91 Å². The maximum atomic E-state index is 12.7. The molecule has 0 aliphatic carbocycles. The number of nitrogens with zero attached hydrogens (tertiary/aromatic N) is 1. The molecule has 0 radical (unpaired) electrons. The minimum Gasteiger partial charge on any atom is -0.489 e. The molecule has 0 spiro atoms. The number of benzene rings is 2. The van der Waals surface area contributed by atoms with E-state index in [-0.39, 0.29) is 11.9 Å². The molecule has 0 fully saturated rings. The molecule has 2 aromatic carbocycles. The van der Waals surface area contributed by atoms with Crippen LogP contribution in [-0.2, 0) is 6.61 Å². The predicted molar refractivity (Wildman–Crippen MR) is 109 cm³/mol. The van der Waals surface area contributed by atoms with Crippen LogP contribution in [-0.4, -0.2) is 11.1 Å². The lowest BCUT2D eigenvalue weighted by molar-refractivity contribution is 0.0939. The Morgan fingerprint density at radius 2 is 1.93 bits per heavy atom. The van der Waals surface area contributed by atoms with Crippen molar-refractivity contribution in [3.05, 3.63) is 81.7 Å². The van der Waals surface area contributed by atoms with Crippen LogP contribution in [0.1, 0.15) is 57.0 Å². The smallest absolute Gasteiger partial charge is 0.251 e. The lowest BCUT2D eigenvalue weighted by Gasteiger charge is -2.17. The third-order valence-corrected chi connectivity index (χ3v) is 4.91. The number of amides is 1. The molecule has 3 aromatic rings. The highest BCUT2D eigenvalue weighted by molar-refractivity contribution is 5.94. The molecule has 1 heterocycles. The molecule has 3 rings (SSSR count). The van der Waals surface area contributed by atoms with Crippen LogP contribution in [0.3, 0.4) is 0 Å². The number of carbonyl (C=O) groups excluding carboxylic acids is 1. The SMILES string of the molecule is Cc1ccc(C)c(C(C)NC(=O)c2cccc(OCc3c(C)noc3C)c2)c1. The number of nitrogens with one attached hydrogen (secondary N) is 1. The first kappa shape index (κ1) is 19.7. The largest absolute Gasteiger partial charge is 0.489 e. The van der Waals surface area contributed by atoms with E-state index in [0.29, 0.717) is 17.9 Å². The summed E-state index contributed by atoms with van der Waals surface area (Å²) in [4.78, 5) is 12.7. The summed E-state index contributed by atoms with van der Waals surface area (Å²) in [5.41, 5.74) is 5.77. The van der Waals surface area contributed by atoms with Gasteiger partial charge < -0.3 is 14.6 Å². The van der Waals surface area contributed by atoms with Crippen LogP contribution in [0.2, 0.25) is 0 Å². The van der Waals surface area contributed by atoms with Gasteiger partial charge in [-0.3, -0.25) is 4.79 Å². The van der Waals surface area contributed by atoms with E-state index < -0.39 is 0 Å². The van der Waals surface area contributed by atoms with Crippen LogP contribution >= 0.6 is 0 Å². The molecule has 0 bridgehead atoms. The van der Waals surface area contributed by atoms with Crippen molar-refractivity contribution < 1.29 is 14.1 Å². The van der Waals surface area contributed by atoms with Gasteiger partial charge in [0.2, 0.25) is 0 Å². The molecule has 146 valence electrons. The molecule has 1 unspecified atom stereocenters. The molecule has 0 saturated heterocycles. The summed E-state index contributed by atoms with van der Waals surface area (Å²) in [5.74, 6) is 1.25. The Morgan fingerprint density at radius 3 is 2.64 bits per heavy atom. The lowest BCUT2D eigenvalue weighted by atomic mass is 9.99. The lowest BCUT2D eigenvalue weighted by Crippen LogP contribution is -2.27. The number of aromatic nitrogens is 1. The minimum absolute atomic E-state index is 0.0840. The highest BCUT2D eigenvalue weighted by atomic mass is 16.5. The fourth-order valence-electron chi connectivity index (χ4n) is 3.17. The van der Waals surface area contributed by atoms with Crippen LogP contribution in [0.4, 0.5) is 0 Å². The summed E-state index contributed by atoms with van der Waals surface area (Å²) in [6, 6.07) is 13.4. The fourth-order valence-corrected chi connectivity index (χ4v) is 3.17. The summed E-state index contributed by atoms with van der Waals surface area (Å²) in [6.45, 7) is 10.2. The first-order valence-electron chi connectivity index (χ1n) is 9.37. The van der Waals surface area contributed by atoms with Gasteiger partial charge in [-0.15, -0.1) is 0 Å². The van der Waals surface area contributed by atoms with E-state index in [0.717, 1.165) is 28.1 Å². The first-order valence-corrected chi connectivity index (χ1v) is 9.37. The monoisotopic (exact) mass is 378 g/mol. The van der Waals surface area contributed by atoms with Gasteiger partial charge >= 0.3 is 0 Å². The summed E-state index contributed by atoms with van der Waals surface area (Å²) < 4.78 is 11.0. The molecule has 28 heavy (non-hydrogen) atoms. The normalized spacial score (nSPS) is 11.9. The van der Waals surface area contributed by atoms with Crippen molar-refractivity contribution in [2.45, 2.75) is 47.3 Å². The van der Waals surface area contributed by atoms with Crippen molar-refractivity contribution in [2.24, 2.45) is 0 Å². The van der Waals surface area contributed by atoms with Crippen molar-refractivity contribution in [3.8, 4) is 5.75 Å². The maximum Gasteiger partial charge on any atom is 0.251 e. The van der Waals surface area contributed by atoms with Crippen molar-refractivity contribution in [3.63, 3.8) is 0 Å². The van der Waals surface area contributed by atoms with Crippen LogP contribution < -0.4 is 10.1 Å². The Morgan fingerprint density at radius 1 is 1.14 bits per heavy atom. The molecule has 0 aliphatic rings. The Balaban J connectivity index is 1.69. The summed E-state index contributed by atoms with van der Waals surface area (Å²) in [7, 11) is 0. The van der Waals surface area contributed by atoms with Crippen LogP contribution in [0.15, 0.2) is 47.0 Å². The second-order valence-corrected chi connectivity index (χ2v) is 7.17. The number of carbonyl (C=O) groups is 1. The highest BCUT2D eigenvalue weighted by Crippen LogP contribution is 2.21. The van der Waals surface area contributed by atoms with Gasteiger partial charge in [0.25, 0.3) is 5.91 Å². The second-order valence-electron chi connectivity index (χ2n) is 7.17. The number of rotatable bonds is 6. The average Bonchev–Trinajstić information content (AvgIpc) is 3.00. The minimum atomic E-state index is -0.129. The zero-order chi connectivity index (χ0) is 20.3. The van der Waals surface area contributed by atoms with Gasteiger partial charge in [0.15, 0.2) is 0 Å². The van der Waals surface area contributed by atoms with Crippen molar-refractivity contribution in [1.29, 1.82) is 0 Å². The van der Waals surface area contributed by atoms with Crippen LogP contribution in [0, 0.1) is 27.7 Å². The molecule has 0 saturated carbocycles. The van der Waals surface area contributed by atoms with Gasteiger partial charge in [-0.1, -0.05) is 35.0 Å². The zero-order valence-electron chi connectivity index (χ0n) is 17.0. The average molecular weight is 378 g/mol. The van der Waals surface area contributed by atoms with Gasteiger partial charge in [-0.2, -0.15) is 0 Å². The summed E-state index contributed by atoms with van der Waals surface area (Å²) in [6.07, 6.45) is 0. The Labute approximate surface area is 165 Å². The molecule has 1 amide bonds. The Bertz CT molecular complexity index is 972. The van der Waals surface area contributed by atoms with Crippen molar-refractivity contribution in [2.75, 3.05) is 0 Å².